The Morgan fingerprint density at radius 3 is 2.76 bits per heavy atom. The SMILES string of the molecule is O=C(/C=C/c1cccs1)N1CCC(=O)N(Cc2ccccc2F)CC1. The fourth-order valence-electron chi connectivity index (χ4n) is 2.73. The molecule has 1 aliphatic rings. The number of halogens is 1. The van der Waals surface area contributed by atoms with E-state index < -0.39 is 0 Å². The first kappa shape index (κ1) is 17.4. The first-order valence-corrected chi connectivity index (χ1v) is 9.03. The second-order valence-electron chi connectivity index (χ2n) is 5.83. The van der Waals surface area contributed by atoms with Crippen molar-refractivity contribution in [2.24, 2.45) is 0 Å². The molecule has 0 N–H and O–H groups in total. The predicted octanol–water partition coefficient (Wildman–Crippen LogP) is 3.16. The van der Waals surface area contributed by atoms with Gasteiger partial charge in [-0.3, -0.25) is 9.59 Å². The van der Waals surface area contributed by atoms with Crippen molar-refractivity contribution < 1.29 is 14.0 Å². The van der Waals surface area contributed by atoms with Crippen LogP contribution in [0.15, 0.2) is 47.9 Å². The highest BCUT2D eigenvalue weighted by Gasteiger charge is 2.23. The maximum atomic E-state index is 13.8. The van der Waals surface area contributed by atoms with E-state index in [0.717, 1.165) is 4.88 Å². The molecule has 2 amide bonds. The van der Waals surface area contributed by atoms with Crippen molar-refractivity contribution in [3.05, 3.63) is 64.1 Å². The van der Waals surface area contributed by atoms with Gasteiger partial charge in [-0.25, -0.2) is 4.39 Å². The summed E-state index contributed by atoms with van der Waals surface area (Å²) in [6, 6.07) is 10.3. The molecule has 2 heterocycles. The zero-order valence-corrected chi connectivity index (χ0v) is 14.5. The molecule has 1 fully saturated rings. The smallest absolute Gasteiger partial charge is 0.246 e. The van der Waals surface area contributed by atoms with E-state index in [0.29, 0.717) is 25.2 Å². The summed E-state index contributed by atoms with van der Waals surface area (Å²) in [5, 5.41) is 1.95. The van der Waals surface area contributed by atoms with Crippen molar-refractivity contribution in [1.82, 2.24) is 9.80 Å². The summed E-state index contributed by atoms with van der Waals surface area (Å²) >= 11 is 1.56. The highest BCUT2D eigenvalue weighted by atomic mass is 32.1. The van der Waals surface area contributed by atoms with Gasteiger partial charge in [0.25, 0.3) is 0 Å². The minimum atomic E-state index is -0.314. The third-order valence-corrected chi connectivity index (χ3v) is 4.99. The number of hydrogen-bond donors (Lipinski definition) is 0. The largest absolute Gasteiger partial charge is 0.337 e. The van der Waals surface area contributed by atoms with Crippen molar-refractivity contribution in [1.29, 1.82) is 0 Å². The Balaban J connectivity index is 1.61. The van der Waals surface area contributed by atoms with Crippen molar-refractivity contribution in [3.8, 4) is 0 Å². The molecule has 3 rings (SSSR count). The summed E-state index contributed by atoms with van der Waals surface area (Å²) in [4.78, 5) is 28.9. The van der Waals surface area contributed by atoms with Gasteiger partial charge in [0.05, 0.1) is 0 Å². The Bertz CT molecular complexity index is 773. The number of carbonyl (C=O) groups excluding carboxylic acids is 2. The van der Waals surface area contributed by atoms with Gasteiger partial charge in [-0.1, -0.05) is 24.3 Å². The molecule has 25 heavy (non-hydrogen) atoms. The van der Waals surface area contributed by atoms with Crippen LogP contribution in [-0.4, -0.2) is 41.2 Å². The minimum absolute atomic E-state index is 0.0548. The standard InChI is InChI=1S/C19H19FN2O2S/c20-17-6-2-1-4-15(17)14-22-12-11-21(10-9-19(22)24)18(23)8-7-16-5-3-13-25-16/h1-8,13H,9-12,14H2/b8-7+. The first-order valence-electron chi connectivity index (χ1n) is 8.15. The van der Waals surface area contributed by atoms with E-state index in [1.165, 1.54) is 6.07 Å². The van der Waals surface area contributed by atoms with Crippen LogP contribution < -0.4 is 0 Å². The van der Waals surface area contributed by atoms with E-state index in [1.54, 1.807) is 51.5 Å². The van der Waals surface area contributed by atoms with Crippen LogP contribution in [0.2, 0.25) is 0 Å². The lowest BCUT2D eigenvalue weighted by Gasteiger charge is -2.22. The van der Waals surface area contributed by atoms with Crippen molar-refractivity contribution in [2.45, 2.75) is 13.0 Å². The summed E-state index contributed by atoms with van der Waals surface area (Å²) in [5.74, 6) is -0.471. The van der Waals surface area contributed by atoms with Crippen LogP contribution in [0.3, 0.4) is 0 Å². The summed E-state index contributed by atoms with van der Waals surface area (Å²) in [7, 11) is 0. The molecule has 0 radical (unpaired) electrons. The van der Waals surface area contributed by atoms with Gasteiger partial charge >= 0.3 is 0 Å². The highest BCUT2D eigenvalue weighted by molar-refractivity contribution is 7.10. The summed E-state index contributed by atoms with van der Waals surface area (Å²) in [6.07, 6.45) is 3.59. The lowest BCUT2D eigenvalue weighted by molar-refractivity contribution is -0.130. The molecule has 0 aliphatic carbocycles. The molecule has 130 valence electrons. The molecule has 2 aromatic rings. The van der Waals surface area contributed by atoms with Crippen LogP contribution in [0.25, 0.3) is 6.08 Å². The van der Waals surface area contributed by atoms with Crippen LogP contribution >= 0.6 is 11.3 Å². The zero-order valence-electron chi connectivity index (χ0n) is 13.7. The number of benzene rings is 1. The van der Waals surface area contributed by atoms with E-state index in [9.17, 15) is 14.0 Å². The molecule has 1 aromatic heterocycles. The van der Waals surface area contributed by atoms with Gasteiger partial charge in [0.2, 0.25) is 11.8 Å². The quantitative estimate of drug-likeness (QED) is 0.788. The minimum Gasteiger partial charge on any atom is -0.337 e. The van der Waals surface area contributed by atoms with Crippen LogP contribution in [0.5, 0.6) is 0 Å². The highest BCUT2D eigenvalue weighted by Crippen LogP contribution is 2.14. The topological polar surface area (TPSA) is 40.6 Å². The van der Waals surface area contributed by atoms with E-state index in [4.69, 9.17) is 0 Å². The molecular formula is C19H19FN2O2S. The second kappa shape index (κ2) is 8.07. The monoisotopic (exact) mass is 358 g/mol. The summed E-state index contributed by atoms with van der Waals surface area (Å²) in [5.41, 5.74) is 0.494. The summed E-state index contributed by atoms with van der Waals surface area (Å²) in [6.45, 7) is 1.48. The van der Waals surface area contributed by atoms with E-state index in [1.807, 2.05) is 17.5 Å². The predicted molar refractivity (Wildman–Crippen MR) is 96.4 cm³/mol. The molecule has 4 nitrogen and oxygen atoms in total. The number of nitrogens with zero attached hydrogens (tertiary/aromatic N) is 2. The van der Waals surface area contributed by atoms with Gasteiger partial charge in [-0.15, -0.1) is 11.3 Å². The van der Waals surface area contributed by atoms with Crippen LogP contribution in [0.4, 0.5) is 4.39 Å². The van der Waals surface area contributed by atoms with Crippen molar-refractivity contribution in [3.63, 3.8) is 0 Å². The second-order valence-corrected chi connectivity index (χ2v) is 6.81. The first-order chi connectivity index (χ1) is 12.1. The fourth-order valence-corrected chi connectivity index (χ4v) is 3.35. The maximum absolute atomic E-state index is 13.8. The lowest BCUT2D eigenvalue weighted by atomic mass is 10.2. The molecule has 0 saturated carbocycles. The number of thiophene rings is 1. The molecular weight excluding hydrogens is 339 g/mol. The van der Waals surface area contributed by atoms with E-state index in [2.05, 4.69) is 0 Å². The van der Waals surface area contributed by atoms with E-state index >= 15 is 0 Å². The van der Waals surface area contributed by atoms with E-state index in [-0.39, 0.29) is 30.6 Å². The third kappa shape index (κ3) is 4.54. The Morgan fingerprint density at radius 2 is 2.00 bits per heavy atom. The van der Waals surface area contributed by atoms with Gasteiger partial charge in [0.15, 0.2) is 0 Å². The van der Waals surface area contributed by atoms with Crippen molar-refractivity contribution in [2.75, 3.05) is 19.6 Å². The normalized spacial score (nSPS) is 15.6. The third-order valence-electron chi connectivity index (χ3n) is 4.15. The molecule has 0 bridgehead atoms. The average molecular weight is 358 g/mol. The Labute approximate surface area is 150 Å². The van der Waals surface area contributed by atoms with Crippen LogP contribution in [0.1, 0.15) is 16.9 Å². The Hall–Kier alpha value is -2.47. The number of carbonyl (C=O) groups is 2. The molecule has 0 atom stereocenters. The zero-order chi connectivity index (χ0) is 17.6. The van der Waals surface area contributed by atoms with Gasteiger partial charge in [0, 0.05) is 49.1 Å². The molecule has 6 heteroatoms. The molecule has 1 aromatic carbocycles. The van der Waals surface area contributed by atoms with Crippen LogP contribution in [-0.2, 0) is 16.1 Å². The number of hydrogen-bond acceptors (Lipinski definition) is 3. The number of amides is 2. The van der Waals surface area contributed by atoms with Crippen LogP contribution in [0, 0.1) is 5.82 Å². The van der Waals surface area contributed by atoms with Gasteiger partial charge in [-0.2, -0.15) is 0 Å². The van der Waals surface area contributed by atoms with Crippen molar-refractivity contribution >= 4 is 29.2 Å². The molecule has 0 spiro atoms. The molecule has 1 saturated heterocycles. The maximum Gasteiger partial charge on any atom is 0.246 e. The average Bonchev–Trinajstić information content (AvgIpc) is 3.06. The van der Waals surface area contributed by atoms with Gasteiger partial charge < -0.3 is 9.80 Å². The fraction of sp³-hybridized carbons (Fsp3) is 0.263. The van der Waals surface area contributed by atoms with Gasteiger partial charge in [0.1, 0.15) is 5.82 Å². The Morgan fingerprint density at radius 1 is 1.16 bits per heavy atom. The molecule has 1 aliphatic heterocycles. The molecule has 0 unspecified atom stereocenters. The Kier molecular flexibility index (Phi) is 5.60. The van der Waals surface area contributed by atoms with Gasteiger partial charge in [-0.05, 0) is 23.6 Å². The summed E-state index contributed by atoms with van der Waals surface area (Å²) < 4.78 is 13.8. The number of rotatable bonds is 4. The lowest BCUT2D eigenvalue weighted by Crippen LogP contribution is -2.35.